The summed E-state index contributed by atoms with van der Waals surface area (Å²) < 4.78 is 0. The molecule has 0 aromatic rings. The molecule has 0 aliphatic heterocycles. The van der Waals surface area contributed by atoms with Crippen LogP contribution in [-0.2, 0) is 0 Å². The number of nitrogens with zero attached hydrogens (tertiary/aromatic N) is 5. The van der Waals surface area contributed by atoms with Crippen molar-refractivity contribution >= 4 is 0 Å². The van der Waals surface area contributed by atoms with E-state index < -0.39 is 25.4 Å². The Kier molecular flexibility index (Phi) is 92.3. The molecule has 0 amide bonds. The molecule has 0 aliphatic carbocycles. The van der Waals surface area contributed by atoms with E-state index in [0.29, 0.717) is 0 Å². The van der Waals surface area contributed by atoms with E-state index in [0.717, 1.165) is 0 Å². The molecule has 0 aromatic carbocycles. The van der Waals surface area contributed by atoms with Crippen LogP contribution < -0.4 is 0 Å². The molecule has 0 aromatic heterocycles. The fourth-order valence-electron chi connectivity index (χ4n) is 0. The zero-order valence-corrected chi connectivity index (χ0v) is 14.5. The average molecular weight is 632 g/mol. The van der Waals surface area contributed by atoms with Gasteiger partial charge in [-0.1, -0.05) is 0 Å². The quantitative estimate of drug-likeness (QED) is 0.205. The van der Waals surface area contributed by atoms with Crippen molar-refractivity contribution in [2.24, 2.45) is 0 Å². The molecule has 137 valence electrons. The van der Waals surface area contributed by atoms with Gasteiger partial charge >= 0.3 is 98.8 Å². The molecule has 0 rings (SSSR count). The molecule has 0 saturated carbocycles. The first-order chi connectivity index (χ1) is 8.66. The fraction of sp³-hybridized carbons (Fsp3) is 0. The molecular weight excluding hydrogens is 630 g/mol. The maximum atomic E-state index is 8.25. The van der Waals surface area contributed by atoms with Crippen molar-refractivity contribution in [1.29, 1.82) is 0 Å². The van der Waals surface area contributed by atoms with Gasteiger partial charge in [-0.25, -0.2) is 0 Å². The van der Waals surface area contributed by atoms with Gasteiger partial charge < -0.3 is 82.1 Å². The van der Waals surface area contributed by atoms with E-state index in [1.54, 1.807) is 0 Å². The van der Waals surface area contributed by atoms with Crippen molar-refractivity contribution in [3.05, 3.63) is 76.6 Å². The molecule has 0 aliphatic rings. The zero-order valence-electron chi connectivity index (χ0n) is 9.62. The van der Waals surface area contributed by atoms with Crippen LogP contribution in [0.1, 0.15) is 0 Å². The molecule has 0 heterocycles. The van der Waals surface area contributed by atoms with Crippen LogP contribution in [0, 0.1) is 175 Å². The minimum atomic E-state index is -1.75. The maximum Gasteiger partial charge on any atom is 3.00 e. The maximum absolute atomic E-state index is 8.25. The van der Waals surface area contributed by atoms with Crippen LogP contribution in [0.5, 0.6) is 0 Å². The molecule has 2 N–H and O–H groups in total. The molecule has 0 atom stereocenters. The van der Waals surface area contributed by atoms with E-state index in [4.69, 9.17) is 76.6 Å². The zero-order chi connectivity index (χ0) is 17.9. The fourth-order valence-corrected chi connectivity index (χ4v) is 0. The topological polar surface area (TPSA) is 362 Å². The molecule has 0 unspecified atom stereocenters. The molecule has 0 spiro atoms. The first-order valence-corrected chi connectivity index (χ1v) is 2.74. The van der Waals surface area contributed by atoms with E-state index in [1.807, 2.05) is 0 Å². The van der Waals surface area contributed by atoms with Gasteiger partial charge in [0.2, 0.25) is 0 Å². The second kappa shape index (κ2) is 42.9. The third-order valence-corrected chi connectivity index (χ3v) is 0. The second-order valence-electron chi connectivity index (χ2n) is 1.12. The molecule has 0 bridgehead atoms. The van der Waals surface area contributed by atoms with Crippen LogP contribution >= 0.6 is 0 Å². The summed E-state index contributed by atoms with van der Waals surface area (Å²) in [5.74, 6) is 0. The monoisotopic (exact) mass is 634 g/mol. The van der Waals surface area contributed by atoms with Crippen LogP contribution in [0.2, 0.25) is 0 Å². The first-order valence-electron chi connectivity index (χ1n) is 2.74. The van der Waals surface area contributed by atoms with Gasteiger partial charge in [-0.3, -0.25) is 0 Å². The Bertz CT molecular complexity index is 211. The van der Waals surface area contributed by atoms with Crippen molar-refractivity contribution in [2.75, 3.05) is 0 Å². The SMILES string of the molecule is O.O=[N+]([O-])[O-].O=[N+]([O-])[O-].O=[N+]([O-])[O-].O=[N+]([O-])[O-].O=[N+]([O-])[O-].[Eu+2].[Eu+3]. The normalized spacial score (nSPS) is 5.22. The van der Waals surface area contributed by atoms with Gasteiger partial charge in [0.05, 0.1) is 25.4 Å². The standard InChI is InChI=1S/2Eu.5NO3.H2O/c;;5*2-1(3)4;/h;;;;;;;1H2/q+2;+3;5*-1;. The molecular formula is H2Eu2N5O16. The molecule has 1 radical (unpaired) electrons. The summed E-state index contributed by atoms with van der Waals surface area (Å²) >= 11 is 0. The van der Waals surface area contributed by atoms with Crippen molar-refractivity contribution in [1.82, 2.24) is 0 Å². The Morgan fingerprint density at radius 2 is 0.391 bits per heavy atom. The predicted molar refractivity (Wildman–Crippen MR) is 55.4 cm³/mol. The Labute approximate surface area is 203 Å². The minimum absolute atomic E-state index is 0. The van der Waals surface area contributed by atoms with Crippen LogP contribution in [0.15, 0.2) is 0 Å². The van der Waals surface area contributed by atoms with Crippen molar-refractivity contribution in [2.45, 2.75) is 0 Å². The summed E-state index contributed by atoms with van der Waals surface area (Å²) in [6.07, 6.45) is 0. The molecule has 23 heteroatoms. The van der Waals surface area contributed by atoms with Crippen molar-refractivity contribution < 1.29 is 130 Å². The Balaban J connectivity index is -0.0000000197. The van der Waals surface area contributed by atoms with Gasteiger partial charge in [-0.05, 0) is 0 Å². The Hall–Kier alpha value is -0.871. The third-order valence-electron chi connectivity index (χ3n) is 0. The average Bonchev–Trinajstić information content (AvgIpc) is 1.94. The first kappa shape index (κ1) is 49.5. The third kappa shape index (κ3) is 10200. The summed E-state index contributed by atoms with van der Waals surface area (Å²) in [5, 5.41) is 73.8. The van der Waals surface area contributed by atoms with Gasteiger partial charge in [-0.15, -0.1) is 0 Å². The Morgan fingerprint density at radius 1 is 0.391 bits per heavy atom. The number of hydrogen-bond acceptors (Lipinski definition) is 15. The second-order valence-corrected chi connectivity index (χ2v) is 1.12. The van der Waals surface area contributed by atoms with Gasteiger partial charge in [-0.2, -0.15) is 0 Å². The number of rotatable bonds is 0. The minimum Gasteiger partial charge on any atom is -0.412 e. The van der Waals surface area contributed by atoms with Crippen LogP contribution in [0.25, 0.3) is 0 Å². The molecule has 23 heavy (non-hydrogen) atoms. The van der Waals surface area contributed by atoms with Gasteiger partial charge in [0.1, 0.15) is 0 Å². The van der Waals surface area contributed by atoms with Crippen molar-refractivity contribution in [3.63, 3.8) is 0 Å². The summed E-state index contributed by atoms with van der Waals surface area (Å²) in [7, 11) is 0. The smallest absolute Gasteiger partial charge is 0.412 e. The summed E-state index contributed by atoms with van der Waals surface area (Å²) in [6, 6.07) is 0. The summed E-state index contributed by atoms with van der Waals surface area (Å²) in [6.45, 7) is 0. The van der Waals surface area contributed by atoms with E-state index in [-0.39, 0.29) is 104 Å². The van der Waals surface area contributed by atoms with E-state index in [2.05, 4.69) is 0 Å². The summed E-state index contributed by atoms with van der Waals surface area (Å²) in [4.78, 5) is 41.2. The molecule has 0 saturated heterocycles. The van der Waals surface area contributed by atoms with E-state index >= 15 is 0 Å². The van der Waals surface area contributed by atoms with E-state index in [1.165, 1.54) is 0 Å². The molecule has 21 nitrogen and oxygen atoms in total. The van der Waals surface area contributed by atoms with Gasteiger partial charge in [0.15, 0.2) is 0 Å². The van der Waals surface area contributed by atoms with Crippen molar-refractivity contribution in [3.8, 4) is 0 Å². The van der Waals surface area contributed by atoms with Crippen LogP contribution in [-0.4, -0.2) is 30.9 Å². The number of hydrogen-bond donors (Lipinski definition) is 0. The Morgan fingerprint density at radius 3 is 0.391 bits per heavy atom. The van der Waals surface area contributed by atoms with E-state index in [9.17, 15) is 0 Å². The van der Waals surface area contributed by atoms with Gasteiger partial charge in [0, 0.05) is 0 Å². The van der Waals surface area contributed by atoms with Gasteiger partial charge in [0.25, 0.3) is 0 Å². The summed E-state index contributed by atoms with van der Waals surface area (Å²) in [5.41, 5.74) is 0. The largest absolute Gasteiger partial charge is 3.00 e. The molecule has 0 fully saturated rings. The predicted octanol–water partition coefficient (Wildman–Crippen LogP) is -2.02. The van der Waals surface area contributed by atoms with Crippen LogP contribution in [0.4, 0.5) is 0 Å². The van der Waals surface area contributed by atoms with Crippen LogP contribution in [0.3, 0.4) is 0 Å².